The summed E-state index contributed by atoms with van der Waals surface area (Å²) < 4.78 is 1.98. The monoisotopic (exact) mass is 477 g/mol. The van der Waals surface area contributed by atoms with Crippen LogP contribution in [0, 0.1) is 0 Å². The SMILES string of the molecule is CCNC(=NCc1nncn1CC)NCCCN1CCCCCC1=O.I. The maximum absolute atomic E-state index is 12.0. The van der Waals surface area contributed by atoms with E-state index in [-0.39, 0.29) is 24.0 Å². The van der Waals surface area contributed by atoms with Gasteiger partial charge < -0.3 is 20.1 Å². The molecule has 1 aliphatic rings. The second kappa shape index (κ2) is 12.9. The number of carbonyl (C=O) groups excluding carboxylic acids is 1. The summed E-state index contributed by atoms with van der Waals surface area (Å²) in [6, 6.07) is 0. The molecule has 1 aromatic rings. The highest BCUT2D eigenvalue weighted by Gasteiger charge is 2.15. The highest BCUT2D eigenvalue weighted by atomic mass is 127. The van der Waals surface area contributed by atoms with E-state index < -0.39 is 0 Å². The van der Waals surface area contributed by atoms with Crippen LogP contribution in [0.15, 0.2) is 11.3 Å². The van der Waals surface area contributed by atoms with Crippen LogP contribution in [-0.4, -0.2) is 57.7 Å². The molecule has 2 N–H and O–H groups in total. The van der Waals surface area contributed by atoms with Crippen molar-refractivity contribution < 1.29 is 4.79 Å². The van der Waals surface area contributed by atoms with Crippen molar-refractivity contribution in [2.75, 3.05) is 26.2 Å². The molecule has 1 fully saturated rings. The van der Waals surface area contributed by atoms with Crippen LogP contribution in [0.3, 0.4) is 0 Å². The van der Waals surface area contributed by atoms with E-state index in [1.165, 1.54) is 6.42 Å². The van der Waals surface area contributed by atoms with E-state index >= 15 is 0 Å². The van der Waals surface area contributed by atoms with Crippen LogP contribution in [0.4, 0.5) is 0 Å². The van der Waals surface area contributed by atoms with E-state index in [1.807, 2.05) is 16.4 Å². The van der Waals surface area contributed by atoms with Gasteiger partial charge >= 0.3 is 0 Å². The lowest BCUT2D eigenvalue weighted by atomic mass is 10.2. The predicted molar refractivity (Wildman–Crippen MR) is 114 cm³/mol. The van der Waals surface area contributed by atoms with Crippen molar-refractivity contribution in [3.63, 3.8) is 0 Å². The van der Waals surface area contributed by atoms with Crippen molar-refractivity contribution in [2.24, 2.45) is 4.99 Å². The molecule has 26 heavy (non-hydrogen) atoms. The Morgan fingerprint density at radius 2 is 2.12 bits per heavy atom. The molecule has 0 spiro atoms. The van der Waals surface area contributed by atoms with Gasteiger partial charge in [-0.1, -0.05) is 6.42 Å². The Hall–Kier alpha value is -1.39. The zero-order valence-electron chi connectivity index (χ0n) is 15.9. The molecule has 2 rings (SSSR count). The van der Waals surface area contributed by atoms with E-state index in [0.717, 1.165) is 63.8 Å². The Morgan fingerprint density at radius 1 is 1.27 bits per heavy atom. The van der Waals surface area contributed by atoms with Crippen molar-refractivity contribution in [3.8, 4) is 0 Å². The smallest absolute Gasteiger partial charge is 0.222 e. The fourth-order valence-electron chi connectivity index (χ4n) is 2.91. The third kappa shape index (κ3) is 7.46. The molecule has 1 aliphatic heterocycles. The second-order valence-electron chi connectivity index (χ2n) is 6.20. The number of carbonyl (C=O) groups is 1. The van der Waals surface area contributed by atoms with Gasteiger partial charge in [0, 0.05) is 39.1 Å². The molecular formula is C17H32IN7O. The number of halogens is 1. The number of amides is 1. The van der Waals surface area contributed by atoms with Crippen LogP contribution in [0.5, 0.6) is 0 Å². The largest absolute Gasteiger partial charge is 0.357 e. The number of rotatable bonds is 8. The molecule has 0 unspecified atom stereocenters. The Labute approximate surface area is 173 Å². The fourth-order valence-corrected chi connectivity index (χ4v) is 2.91. The Bertz CT molecular complexity index is 561. The van der Waals surface area contributed by atoms with E-state index in [4.69, 9.17) is 0 Å². The predicted octanol–water partition coefficient (Wildman–Crippen LogP) is 1.76. The van der Waals surface area contributed by atoms with E-state index in [9.17, 15) is 4.79 Å². The van der Waals surface area contributed by atoms with Gasteiger partial charge in [-0.05, 0) is 33.1 Å². The number of nitrogens with one attached hydrogen (secondary N) is 2. The number of aromatic nitrogens is 3. The van der Waals surface area contributed by atoms with Crippen LogP contribution >= 0.6 is 24.0 Å². The van der Waals surface area contributed by atoms with Gasteiger partial charge in [0.15, 0.2) is 11.8 Å². The molecule has 1 aromatic heterocycles. The number of hydrogen-bond acceptors (Lipinski definition) is 4. The molecule has 1 amide bonds. The highest BCUT2D eigenvalue weighted by molar-refractivity contribution is 14.0. The molecule has 0 atom stereocenters. The van der Waals surface area contributed by atoms with Crippen molar-refractivity contribution in [1.29, 1.82) is 0 Å². The number of hydrogen-bond donors (Lipinski definition) is 2. The van der Waals surface area contributed by atoms with Gasteiger partial charge in [-0.3, -0.25) is 4.79 Å². The zero-order chi connectivity index (χ0) is 17.9. The third-order valence-corrected chi connectivity index (χ3v) is 4.33. The normalized spacial score (nSPS) is 15.4. The molecule has 1 saturated heterocycles. The summed E-state index contributed by atoms with van der Waals surface area (Å²) in [4.78, 5) is 18.6. The van der Waals surface area contributed by atoms with Gasteiger partial charge in [0.25, 0.3) is 0 Å². The maximum atomic E-state index is 12.0. The number of likely N-dealkylation sites (tertiary alicyclic amines) is 1. The van der Waals surface area contributed by atoms with Crippen LogP contribution < -0.4 is 10.6 Å². The molecule has 0 radical (unpaired) electrons. The number of aliphatic imine (C=N–C) groups is 1. The number of guanidine groups is 1. The third-order valence-electron chi connectivity index (χ3n) is 4.33. The first-order chi connectivity index (χ1) is 12.2. The fraction of sp³-hybridized carbons (Fsp3) is 0.765. The first-order valence-electron chi connectivity index (χ1n) is 9.41. The van der Waals surface area contributed by atoms with E-state index in [1.54, 1.807) is 6.33 Å². The first-order valence-corrected chi connectivity index (χ1v) is 9.41. The average Bonchev–Trinajstić information content (AvgIpc) is 2.98. The van der Waals surface area contributed by atoms with E-state index in [2.05, 4.69) is 32.7 Å². The Balaban J connectivity index is 0.00000338. The molecule has 8 nitrogen and oxygen atoms in total. The van der Waals surface area contributed by atoms with Crippen LogP contribution in [0.25, 0.3) is 0 Å². The summed E-state index contributed by atoms with van der Waals surface area (Å²) in [5.74, 6) is 1.93. The van der Waals surface area contributed by atoms with Crippen LogP contribution in [-0.2, 0) is 17.9 Å². The minimum atomic E-state index is 0. The molecule has 0 aliphatic carbocycles. The lowest BCUT2D eigenvalue weighted by Crippen LogP contribution is -2.39. The van der Waals surface area contributed by atoms with Gasteiger partial charge in [-0.15, -0.1) is 34.2 Å². The number of nitrogens with zero attached hydrogens (tertiary/aromatic N) is 5. The maximum Gasteiger partial charge on any atom is 0.222 e. The molecule has 0 saturated carbocycles. The molecule has 0 aromatic carbocycles. The van der Waals surface area contributed by atoms with Gasteiger partial charge in [0.1, 0.15) is 12.9 Å². The zero-order valence-corrected chi connectivity index (χ0v) is 18.2. The number of aryl methyl sites for hydroxylation is 1. The van der Waals surface area contributed by atoms with Gasteiger partial charge in [-0.2, -0.15) is 0 Å². The van der Waals surface area contributed by atoms with Crippen molar-refractivity contribution >= 4 is 35.8 Å². The standard InChI is InChI=1S/C17H31N7O.HI/c1-3-18-17(20-13-15-22-21-14-23(15)4-2)19-10-8-12-24-11-7-5-6-9-16(24)25;/h14H,3-13H2,1-2H3,(H2,18,19,20);1H. The molecule has 2 heterocycles. The van der Waals surface area contributed by atoms with Gasteiger partial charge in [0.05, 0.1) is 0 Å². The summed E-state index contributed by atoms with van der Waals surface area (Å²) in [6.45, 7) is 8.74. The molecular weight excluding hydrogens is 445 g/mol. The lowest BCUT2D eigenvalue weighted by molar-refractivity contribution is -0.130. The average molecular weight is 477 g/mol. The van der Waals surface area contributed by atoms with Crippen LogP contribution in [0.1, 0.15) is 51.8 Å². The summed E-state index contributed by atoms with van der Waals surface area (Å²) in [5, 5.41) is 14.6. The van der Waals surface area contributed by atoms with Crippen molar-refractivity contribution in [1.82, 2.24) is 30.3 Å². The summed E-state index contributed by atoms with van der Waals surface area (Å²) in [6.07, 6.45) is 6.68. The summed E-state index contributed by atoms with van der Waals surface area (Å²) in [7, 11) is 0. The highest BCUT2D eigenvalue weighted by Crippen LogP contribution is 2.11. The van der Waals surface area contributed by atoms with Crippen molar-refractivity contribution in [2.45, 2.75) is 59.0 Å². The van der Waals surface area contributed by atoms with Crippen LogP contribution in [0.2, 0.25) is 0 Å². The molecule has 0 bridgehead atoms. The Morgan fingerprint density at radius 3 is 2.88 bits per heavy atom. The van der Waals surface area contributed by atoms with E-state index in [0.29, 0.717) is 18.9 Å². The van der Waals surface area contributed by atoms with Crippen molar-refractivity contribution in [3.05, 3.63) is 12.2 Å². The molecule has 148 valence electrons. The summed E-state index contributed by atoms with van der Waals surface area (Å²) >= 11 is 0. The minimum Gasteiger partial charge on any atom is -0.357 e. The second-order valence-corrected chi connectivity index (χ2v) is 6.20. The Kier molecular flexibility index (Phi) is 11.2. The molecule has 9 heteroatoms. The topological polar surface area (TPSA) is 87.4 Å². The first kappa shape index (κ1) is 22.7. The minimum absolute atomic E-state index is 0. The quantitative estimate of drug-likeness (QED) is 0.258. The lowest BCUT2D eigenvalue weighted by Gasteiger charge is -2.20. The van der Waals surface area contributed by atoms with Gasteiger partial charge in [-0.25, -0.2) is 4.99 Å². The summed E-state index contributed by atoms with van der Waals surface area (Å²) in [5.41, 5.74) is 0. The van der Waals surface area contributed by atoms with Gasteiger partial charge in [0.2, 0.25) is 5.91 Å².